The van der Waals surface area contributed by atoms with E-state index in [0.29, 0.717) is 22.2 Å². The van der Waals surface area contributed by atoms with Crippen LogP contribution < -0.4 is 10.6 Å². The molecule has 0 spiro atoms. The SMILES string of the molecule is COC(=O)C1=C(CSc2nc3ccc(C)cc3[nH]2)NC(=O)N[C@H]1c1cc(C)ccc1C. The van der Waals surface area contributed by atoms with Gasteiger partial charge in [0.15, 0.2) is 5.16 Å². The summed E-state index contributed by atoms with van der Waals surface area (Å²) < 4.78 is 5.07. The fourth-order valence-corrected chi connectivity index (χ4v) is 4.55. The number of fused-ring (bicyclic) bond motifs is 1. The molecule has 4 rings (SSSR count). The Morgan fingerprint density at radius 2 is 1.87 bits per heavy atom. The van der Waals surface area contributed by atoms with Gasteiger partial charge in [0.05, 0.1) is 29.8 Å². The number of hydrogen-bond donors (Lipinski definition) is 3. The van der Waals surface area contributed by atoms with Crippen molar-refractivity contribution in [2.24, 2.45) is 0 Å². The molecule has 0 bridgehead atoms. The number of aromatic amines is 1. The highest BCUT2D eigenvalue weighted by molar-refractivity contribution is 7.99. The second-order valence-corrected chi connectivity index (χ2v) is 8.59. The van der Waals surface area contributed by atoms with Gasteiger partial charge in [0.2, 0.25) is 0 Å². The Labute approximate surface area is 184 Å². The van der Waals surface area contributed by atoms with Crippen LogP contribution in [0.3, 0.4) is 0 Å². The Morgan fingerprint density at radius 3 is 2.65 bits per heavy atom. The van der Waals surface area contributed by atoms with Crippen LogP contribution in [0, 0.1) is 20.8 Å². The van der Waals surface area contributed by atoms with Gasteiger partial charge in [-0.25, -0.2) is 14.6 Å². The third-order valence-electron chi connectivity index (χ3n) is 5.27. The summed E-state index contributed by atoms with van der Waals surface area (Å²) in [5.41, 5.74) is 6.79. The smallest absolute Gasteiger partial charge is 0.338 e. The lowest BCUT2D eigenvalue weighted by Crippen LogP contribution is -2.46. The summed E-state index contributed by atoms with van der Waals surface area (Å²) in [7, 11) is 1.35. The van der Waals surface area contributed by atoms with Crippen molar-refractivity contribution in [2.75, 3.05) is 12.9 Å². The number of rotatable bonds is 5. The van der Waals surface area contributed by atoms with Gasteiger partial charge in [0.25, 0.3) is 0 Å². The van der Waals surface area contributed by atoms with E-state index in [1.54, 1.807) is 0 Å². The van der Waals surface area contributed by atoms with Crippen LogP contribution in [-0.2, 0) is 9.53 Å². The lowest BCUT2D eigenvalue weighted by atomic mass is 9.91. The number of methoxy groups -OCH3 is 1. The number of benzene rings is 2. The van der Waals surface area contributed by atoms with E-state index in [1.165, 1.54) is 18.9 Å². The molecule has 2 amide bonds. The van der Waals surface area contributed by atoms with E-state index in [4.69, 9.17) is 4.74 Å². The maximum Gasteiger partial charge on any atom is 0.338 e. The number of hydrogen-bond acceptors (Lipinski definition) is 5. The van der Waals surface area contributed by atoms with E-state index >= 15 is 0 Å². The van der Waals surface area contributed by atoms with Crippen molar-refractivity contribution < 1.29 is 14.3 Å². The molecule has 3 aromatic rings. The average Bonchev–Trinajstić information content (AvgIpc) is 3.15. The Balaban J connectivity index is 1.70. The van der Waals surface area contributed by atoms with Gasteiger partial charge in [-0.05, 0) is 49.6 Å². The number of carbonyl (C=O) groups excluding carboxylic acids is 2. The first-order valence-corrected chi connectivity index (χ1v) is 10.9. The Hall–Kier alpha value is -3.26. The number of esters is 1. The predicted molar refractivity (Wildman–Crippen MR) is 121 cm³/mol. The third-order valence-corrected chi connectivity index (χ3v) is 6.17. The normalized spacial score (nSPS) is 16.3. The lowest BCUT2D eigenvalue weighted by molar-refractivity contribution is -0.136. The second kappa shape index (κ2) is 8.47. The molecule has 0 saturated heterocycles. The van der Waals surface area contributed by atoms with E-state index < -0.39 is 12.0 Å². The second-order valence-electron chi connectivity index (χ2n) is 7.63. The highest BCUT2D eigenvalue weighted by Gasteiger charge is 2.34. The summed E-state index contributed by atoms with van der Waals surface area (Å²) >= 11 is 1.42. The van der Waals surface area contributed by atoms with Crippen LogP contribution in [0.25, 0.3) is 11.0 Å². The maximum atomic E-state index is 12.7. The number of aromatic nitrogens is 2. The zero-order valence-corrected chi connectivity index (χ0v) is 18.6. The zero-order chi connectivity index (χ0) is 22.1. The molecule has 3 N–H and O–H groups in total. The number of imidazole rings is 1. The third kappa shape index (κ3) is 4.29. The molecule has 160 valence electrons. The molecule has 7 nitrogen and oxygen atoms in total. The van der Waals surface area contributed by atoms with Crippen LogP contribution in [0.15, 0.2) is 52.8 Å². The molecule has 0 fully saturated rings. The lowest BCUT2D eigenvalue weighted by Gasteiger charge is -2.30. The van der Waals surface area contributed by atoms with E-state index in [-0.39, 0.29) is 6.03 Å². The number of thioether (sulfide) groups is 1. The van der Waals surface area contributed by atoms with E-state index in [1.807, 2.05) is 57.2 Å². The van der Waals surface area contributed by atoms with Crippen molar-refractivity contribution in [2.45, 2.75) is 32.0 Å². The minimum atomic E-state index is -0.588. The summed E-state index contributed by atoms with van der Waals surface area (Å²) in [6.45, 7) is 5.97. The summed E-state index contributed by atoms with van der Waals surface area (Å²) in [6, 6.07) is 11.0. The highest BCUT2D eigenvalue weighted by Crippen LogP contribution is 2.32. The summed E-state index contributed by atoms with van der Waals surface area (Å²) in [5.74, 6) is -0.118. The van der Waals surface area contributed by atoms with Gasteiger partial charge in [-0.15, -0.1) is 0 Å². The molecule has 0 unspecified atom stereocenters. The standard InChI is InChI=1S/C23H24N4O3S/c1-12-5-7-14(3)15(9-12)20-19(21(28)30-4)18(24-22(29)27-20)11-31-23-25-16-8-6-13(2)10-17(16)26-23/h5-10,20H,11H2,1-4H3,(H,25,26)(H2,24,27,29)/t20-/m0/s1. The van der Waals surface area contributed by atoms with Crippen molar-refractivity contribution in [1.82, 2.24) is 20.6 Å². The van der Waals surface area contributed by atoms with Gasteiger partial charge in [-0.3, -0.25) is 0 Å². The minimum Gasteiger partial charge on any atom is -0.466 e. The van der Waals surface area contributed by atoms with Crippen LogP contribution in [-0.4, -0.2) is 34.8 Å². The molecule has 0 aliphatic carbocycles. The van der Waals surface area contributed by atoms with Crippen LogP contribution in [0.5, 0.6) is 0 Å². The Kier molecular flexibility index (Phi) is 5.73. The average molecular weight is 437 g/mol. The molecule has 0 saturated carbocycles. The Bertz CT molecular complexity index is 1210. The monoisotopic (exact) mass is 436 g/mol. The van der Waals surface area contributed by atoms with Crippen LogP contribution in [0.1, 0.15) is 28.3 Å². The van der Waals surface area contributed by atoms with Gasteiger partial charge in [-0.2, -0.15) is 0 Å². The molecule has 1 aliphatic heterocycles. The molecule has 8 heteroatoms. The van der Waals surface area contributed by atoms with Crippen molar-refractivity contribution in [3.05, 3.63) is 69.9 Å². The molecule has 2 heterocycles. The van der Waals surface area contributed by atoms with Gasteiger partial charge >= 0.3 is 12.0 Å². The fraction of sp³-hybridized carbons (Fsp3) is 0.261. The molecule has 31 heavy (non-hydrogen) atoms. The minimum absolute atomic E-state index is 0.352. The Morgan fingerprint density at radius 1 is 1.13 bits per heavy atom. The number of nitrogens with zero attached hydrogens (tertiary/aromatic N) is 1. The first-order valence-electron chi connectivity index (χ1n) is 9.91. The quantitative estimate of drug-likeness (QED) is 0.414. The van der Waals surface area contributed by atoms with E-state index in [0.717, 1.165) is 33.3 Å². The number of nitrogens with one attached hydrogen (secondary N) is 3. The molecule has 1 aromatic heterocycles. The summed E-state index contributed by atoms with van der Waals surface area (Å²) in [6.07, 6.45) is 0. The maximum absolute atomic E-state index is 12.7. The predicted octanol–water partition coefficient (Wildman–Crippen LogP) is 4.06. The van der Waals surface area contributed by atoms with Crippen molar-refractivity contribution >= 4 is 34.8 Å². The fourth-order valence-electron chi connectivity index (χ4n) is 3.70. The number of H-pyrrole nitrogens is 1. The molecule has 1 aliphatic rings. The largest absolute Gasteiger partial charge is 0.466 e. The van der Waals surface area contributed by atoms with Gasteiger partial charge < -0.3 is 20.4 Å². The van der Waals surface area contributed by atoms with Crippen molar-refractivity contribution in [1.29, 1.82) is 0 Å². The number of urea groups is 1. The zero-order valence-electron chi connectivity index (χ0n) is 17.8. The van der Waals surface area contributed by atoms with E-state index in [9.17, 15) is 9.59 Å². The summed E-state index contributed by atoms with van der Waals surface area (Å²) in [4.78, 5) is 33.1. The van der Waals surface area contributed by atoms with Gasteiger partial charge in [-0.1, -0.05) is 41.6 Å². The number of aryl methyl sites for hydroxylation is 3. The van der Waals surface area contributed by atoms with Crippen molar-refractivity contribution in [3.8, 4) is 0 Å². The molecule has 1 atom stereocenters. The summed E-state index contributed by atoms with van der Waals surface area (Å²) in [5, 5.41) is 6.39. The number of amides is 2. The van der Waals surface area contributed by atoms with Gasteiger partial charge in [0.1, 0.15) is 0 Å². The van der Waals surface area contributed by atoms with E-state index in [2.05, 4.69) is 20.6 Å². The van der Waals surface area contributed by atoms with Crippen molar-refractivity contribution in [3.63, 3.8) is 0 Å². The highest BCUT2D eigenvalue weighted by atomic mass is 32.2. The molecular formula is C23H24N4O3S. The van der Waals surface area contributed by atoms with Crippen LogP contribution in [0.4, 0.5) is 4.79 Å². The number of carbonyl (C=O) groups is 2. The van der Waals surface area contributed by atoms with Crippen LogP contribution >= 0.6 is 11.8 Å². The van der Waals surface area contributed by atoms with Crippen LogP contribution in [0.2, 0.25) is 0 Å². The molecule has 0 radical (unpaired) electrons. The first kappa shape index (κ1) is 21.0. The molecular weight excluding hydrogens is 412 g/mol. The number of ether oxygens (including phenoxy) is 1. The first-order chi connectivity index (χ1) is 14.9. The van der Waals surface area contributed by atoms with Gasteiger partial charge in [0, 0.05) is 11.4 Å². The topological polar surface area (TPSA) is 96.1 Å². The molecule has 2 aromatic carbocycles.